The van der Waals surface area contributed by atoms with Crippen molar-refractivity contribution >= 4 is 0 Å². The summed E-state index contributed by atoms with van der Waals surface area (Å²) >= 11 is 0. The number of hydrogen-bond donors (Lipinski definition) is 1. The molecule has 1 nitrogen and oxygen atoms in total. The molecule has 0 aliphatic rings. The predicted octanol–water partition coefficient (Wildman–Crippen LogP) is 4.23. The van der Waals surface area contributed by atoms with Crippen LogP contribution in [-0.2, 0) is 0 Å². The summed E-state index contributed by atoms with van der Waals surface area (Å²) in [6, 6.07) is 0. The Bertz CT molecular complexity index is 159. The van der Waals surface area contributed by atoms with Crippen LogP contribution >= 0.6 is 0 Å². The summed E-state index contributed by atoms with van der Waals surface area (Å²) in [7, 11) is 0. The minimum Gasteiger partial charge on any atom is -0.396 e. The molecule has 0 rings (SSSR count). The van der Waals surface area contributed by atoms with E-state index >= 15 is 0 Å². The third kappa shape index (κ3) is 13.4. The highest BCUT2D eigenvalue weighted by Crippen LogP contribution is 2.07. The van der Waals surface area contributed by atoms with E-state index in [4.69, 9.17) is 5.11 Å². The minimum atomic E-state index is 0.252. The standard InChI is InChI=1S/C14H26O/c1-2-3-4-5-6-7-8-9-10-11-12-13-14-15/h9-12,15H,2-8,13-14H2,1H3. The van der Waals surface area contributed by atoms with E-state index in [1.165, 1.54) is 44.9 Å². The Kier molecular flexibility index (Phi) is 12.9. The van der Waals surface area contributed by atoms with Gasteiger partial charge in [0.1, 0.15) is 0 Å². The van der Waals surface area contributed by atoms with E-state index in [1.54, 1.807) is 0 Å². The van der Waals surface area contributed by atoms with E-state index < -0.39 is 0 Å². The average Bonchev–Trinajstić information content (AvgIpc) is 2.26. The zero-order valence-electron chi connectivity index (χ0n) is 10.1. The first-order valence-electron chi connectivity index (χ1n) is 6.34. The van der Waals surface area contributed by atoms with Crippen molar-refractivity contribution in [2.45, 2.75) is 58.3 Å². The Hall–Kier alpha value is -0.560. The number of allylic oxidation sites excluding steroid dienone is 3. The van der Waals surface area contributed by atoms with Gasteiger partial charge in [-0.2, -0.15) is 0 Å². The highest BCUT2D eigenvalue weighted by atomic mass is 16.2. The van der Waals surface area contributed by atoms with E-state index in [1.807, 2.05) is 12.2 Å². The molecule has 1 heteroatoms. The van der Waals surface area contributed by atoms with Crippen LogP contribution in [0.5, 0.6) is 0 Å². The summed E-state index contributed by atoms with van der Waals surface area (Å²) in [6.45, 7) is 2.50. The SMILES string of the molecule is CCCCCCCCC=CC=CCCO. The molecular weight excluding hydrogens is 184 g/mol. The fraction of sp³-hybridized carbons (Fsp3) is 0.714. The largest absolute Gasteiger partial charge is 0.396 e. The predicted molar refractivity (Wildman–Crippen MR) is 68.0 cm³/mol. The highest BCUT2D eigenvalue weighted by molar-refractivity contribution is 5.02. The van der Waals surface area contributed by atoms with Crippen LogP contribution in [0.15, 0.2) is 24.3 Å². The second-order valence-corrected chi connectivity index (χ2v) is 3.93. The zero-order valence-corrected chi connectivity index (χ0v) is 10.1. The van der Waals surface area contributed by atoms with E-state index in [9.17, 15) is 0 Å². The molecule has 1 N–H and O–H groups in total. The molecule has 0 aromatic heterocycles. The Morgan fingerprint density at radius 3 is 2.07 bits per heavy atom. The van der Waals surface area contributed by atoms with E-state index in [2.05, 4.69) is 19.1 Å². The Balaban J connectivity index is 3.09. The van der Waals surface area contributed by atoms with Crippen LogP contribution in [0.4, 0.5) is 0 Å². The van der Waals surface area contributed by atoms with Gasteiger partial charge in [-0.15, -0.1) is 0 Å². The first-order valence-corrected chi connectivity index (χ1v) is 6.34. The maximum absolute atomic E-state index is 8.53. The van der Waals surface area contributed by atoms with Gasteiger partial charge in [0, 0.05) is 6.61 Å². The third-order valence-corrected chi connectivity index (χ3v) is 2.40. The van der Waals surface area contributed by atoms with Crippen LogP contribution in [-0.4, -0.2) is 11.7 Å². The number of rotatable bonds is 10. The molecule has 15 heavy (non-hydrogen) atoms. The second-order valence-electron chi connectivity index (χ2n) is 3.93. The van der Waals surface area contributed by atoms with Crippen molar-refractivity contribution in [1.29, 1.82) is 0 Å². The Morgan fingerprint density at radius 1 is 0.800 bits per heavy atom. The van der Waals surface area contributed by atoms with E-state index in [-0.39, 0.29) is 6.61 Å². The summed E-state index contributed by atoms with van der Waals surface area (Å²) in [5.41, 5.74) is 0. The molecule has 0 atom stereocenters. The maximum Gasteiger partial charge on any atom is 0.0465 e. The molecule has 0 unspecified atom stereocenters. The summed E-state index contributed by atoms with van der Waals surface area (Å²) in [5.74, 6) is 0. The van der Waals surface area contributed by atoms with Gasteiger partial charge < -0.3 is 5.11 Å². The van der Waals surface area contributed by atoms with Gasteiger partial charge in [-0.1, -0.05) is 63.3 Å². The average molecular weight is 210 g/mol. The van der Waals surface area contributed by atoms with Crippen LogP contribution in [0.3, 0.4) is 0 Å². The fourth-order valence-electron chi connectivity index (χ4n) is 1.47. The smallest absolute Gasteiger partial charge is 0.0465 e. The number of aliphatic hydroxyl groups excluding tert-OH is 1. The maximum atomic E-state index is 8.53. The Morgan fingerprint density at radius 2 is 1.40 bits per heavy atom. The summed E-state index contributed by atoms with van der Waals surface area (Å²) in [4.78, 5) is 0. The Labute approximate surface area is 94.9 Å². The number of unbranched alkanes of at least 4 members (excludes halogenated alkanes) is 6. The van der Waals surface area contributed by atoms with E-state index in [0.29, 0.717) is 0 Å². The van der Waals surface area contributed by atoms with Crippen molar-refractivity contribution < 1.29 is 5.11 Å². The van der Waals surface area contributed by atoms with Gasteiger partial charge in [0.25, 0.3) is 0 Å². The molecule has 0 heterocycles. The first-order chi connectivity index (χ1) is 7.41. The first kappa shape index (κ1) is 14.4. The van der Waals surface area contributed by atoms with Crippen LogP contribution in [0, 0.1) is 0 Å². The van der Waals surface area contributed by atoms with E-state index in [0.717, 1.165) is 6.42 Å². The van der Waals surface area contributed by atoms with Gasteiger partial charge in [0.05, 0.1) is 0 Å². The van der Waals surface area contributed by atoms with Gasteiger partial charge in [-0.05, 0) is 19.3 Å². The van der Waals surface area contributed by atoms with Gasteiger partial charge in [-0.3, -0.25) is 0 Å². The molecule has 0 aromatic rings. The van der Waals surface area contributed by atoms with Crippen molar-refractivity contribution in [3.63, 3.8) is 0 Å². The molecule has 0 saturated heterocycles. The van der Waals surface area contributed by atoms with Gasteiger partial charge in [-0.25, -0.2) is 0 Å². The lowest BCUT2D eigenvalue weighted by Gasteiger charge is -1.97. The molecular formula is C14H26O. The molecule has 0 fully saturated rings. The highest BCUT2D eigenvalue weighted by Gasteiger charge is 1.87. The molecule has 0 amide bonds. The van der Waals surface area contributed by atoms with Crippen LogP contribution < -0.4 is 0 Å². The topological polar surface area (TPSA) is 20.2 Å². The van der Waals surface area contributed by atoms with Crippen molar-refractivity contribution in [3.05, 3.63) is 24.3 Å². The molecule has 0 aliphatic heterocycles. The number of aliphatic hydroxyl groups is 1. The summed E-state index contributed by atoms with van der Waals surface area (Å²) in [6.07, 6.45) is 18.5. The monoisotopic (exact) mass is 210 g/mol. The summed E-state index contributed by atoms with van der Waals surface area (Å²) in [5, 5.41) is 8.53. The van der Waals surface area contributed by atoms with Gasteiger partial charge in [0.2, 0.25) is 0 Å². The van der Waals surface area contributed by atoms with Crippen molar-refractivity contribution in [1.82, 2.24) is 0 Å². The van der Waals surface area contributed by atoms with Crippen molar-refractivity contribution in [2.24, 2.45) is 0 Å². The van der Waals surface area contributed by atoms with Crippen LogP contribution in [0.25, 0.3) is 0 Å². The molecule has 0 spiro atoms. The lowest BCUT2D eigenvalue weighted by atomic mass is 10.1. The molecule has 0 aromatic carbocycles. The quantitative estimate of drug-likeness (QED) is 0.422. The van der Waals surface area contributed by atoms with Gasteiger partial charge in [0.15, 0.2) is 0 Å². The summed E-state index contributed by atoms with van der Waals surface area (Å²) < 4.78 is 0. The van der Waals surface area contributed by atoms with Crippen LogP contribution in [0.2, 0.25) is 0 Å². The molecule has 0 aliphatic carbocycles. The van der Waals surface area contributed by atoms with Crippen molar-refractivity contribution in [3.8, 4) is 0 Å². The molecule has 0 radical (unpaired) electrons. The minimum absolute atomic E-state index is 0.252. The molecule has 0 saturated carbocycles. The van der Waals surface area contributed by atoms with Crippen LogP contribution in [0.1, 0.15) is 58.3 Å². The molecule has 88 valence electrons. The lowest BCUT2D eigenvalue weighted by Crippen LogP contribution is -1.77. The second kappa shape index (κ2) is 13.4. The van der Waals surface area contributed by atoms with Crippen molar-refractivity contribution in [2.75, 3.05) is 6.61 Å². The zero-order chi connectivity index (χ0) is 11.2. The van der Waals surface area contributed by atoms with Gasteiger partial charge >= 0.3 is 0 Å². The number of hydrogen-bond acceptors (Lipinski definition) is 1. The fourth-order valence-corrected chi connectivity index (χ4v) is 1.47. The third-order valence-electron chi connectivity index (χ3n) is 2.40. The normalized spacial score (nSPS) is 11.9. The molecule has 0 bridgehead atoms. The lowest BCUT2D eigenvalue weighted by molar-refractivity contribution is 0.302.